The highest BCUT2D eigenvalue weighted by atomic mass is 15.2. The van der Waals surface area contributed by atoms with Crippen molar-refractivity contribution in [2.24, 2.45) is 5.41 Å². The lowest BCUT2D eigenvalue weighted by molar-refractivity contribution is 0.198. The Morgan fingerprint density at radius 2 is 2.32 bits per heavy atom. The summed E-state index contributed by atoms with van der Waals surface area (Å²) in [5, 5.41) is 8.11. The Kier molecular flexibility index (Phi) is 3.31. The maximum Gasteiger partial charge on any atom is 0.0706 e. The average molecular weight is 257 g/mol. The van der Waals surface area contributed by atoms with Gasteiger partial charge < -0.3 is 5.32 Å². The first-order valence-corrected chi connectivity index (χ1v) is 7.29. The smallest absolute Gasteiger partial charge is 0.0706 e. The molecule has 1 saturated carbocycles. The second-order valence-electron chi connectivity index (χ2n) is 6.54. The molecule has 1 fully saturated rings. The van der Waals surface area contributed by atoms with Gasteiger partial charge in [0, 0.05) is 24.3 Å². The number of pyridine rings is 1. The van der Waals surface area contributed by atoms with E-state index in [1.54, 1.807) is 0 Å². The van der Waals surface area contributed by atoms with Crippen LogP contribution in [0.4, 0.5) is 0 Å². The van der Waals surface area contributed by atoms with Gasteiger partial charge in [-0.2, -0.15) is 5.10 Å². The van der Waals surface area contributed by atoms with Crippen molar-refractivity contribution >= 4 is 5.52 Å². The summed E-state index contributed by atoms with van der Waals surface area (Å²) >= 11 is 0. The Bertz CT molecular complexity index is 556. The van der Waals surface area contributed by atoms with E-state index in [0.29, 0.717) is 11.5 Å². The minimum absolute atomic E-state index is 0.497. The molecular formula is C16H23N3. The van der Waals surface area contributed by atoms with Crippen LogP contribution in [0.1, 0.15) is 45.1 Å². The monoisotopic (exact) mass is 257 g/mol. The van der Waals surface area contributed by atoms with Gasteiger partial charge in [0.25, 0.3) is 0 Å². The first kappa shape index (κ1) is 12.7. The number of fused-ring (bicyclic) bond motifs is 1. The maximum atomic E-state index is 4.39. The van der Waals surface area contributed by atoms with Crippen LogP contribution in [0.15, 0.2) is 30.6 Å². The zero-order chi connectivity index (χ0) is 13.3. The molecule has 3 heteroatoms. The summed E-state index contributed by atoms with van der Waals surface area (Å²) in [5.41, 5.74) is 3.01. The van der Waals surface area contributed by atoms with Crippen LogP contribution in [0, 0.1) is 5.41 Å². The summed E-state index contributed by atoms with van der Waals surface area (Å²) in [4.78, 5) is 0. The Hall–Kier alpha value is -1.35. The van der Waals surface area contributed by atoms with E-state index in [-0.39, 0.29) is 0 Å². The van der Waals surface area contributed by atoms with Gasteiger partial charge in [-0.1, -0.05) is 26.3 Å². The van der Waals surface area contributed by atoms with E-state index in [4.69, 9.17) is 0 Å². The SMILES string of the molecule is CC1(C)CCCC(NCc2cnn3ccccc23)C1. The van der Waals surface area contributed by atoms with Crippen LogP contribution in [-0.2, 0) is 6.54 Å². The Balaban J connectivity index is 1.66. The van der Waals surface area contributed by atoms with E-state index in [0.717, 1.165) is 6.54 Å². The van der Waals surface area contributed by atoms with Gasteiger partial charge in [0.05, 0.1) is 11.7 Å². The number of nitrogens with one attached hydrogen (secondary N) is 1. The quantitative estimate of drug-likeness (QED) is 0.913. The second-order valence-corrected chi connectivity index (χ2v) is 6.54. The topological polar surface area (TPSA) is 29.3 Å². The molecule has 19 heavy (non-hydrogen) atoms. The molecule has 2 heterocycles. The van der Waals surface area contributed by atoms with Crippen molar-refractivity contribution in [2.75, 3.05) is 0 Å². The zero-order valence-electron chi connectivity index (χ0n) is 11.9. The van der Waals surface area contributed by atoms with Crippen molar-refractivity contribution in [3.63, 3.8) is 0 Å². The summed E-state index contributed by atoms with van der Waals surface area (Å²) in [7, 11) is 0. The molecule has 0 radical (unpaired) electrons. The third-order valence-corrected chi connectivity index (χ3v) is 4.29. The minimum atomic E-state index is 0.497. The molecule has 3 rings (SSSR count). The van der Waals surface area contributed by atoms with Crippen molar-refractivity contribution in [3.05, 3.63) is 36.2 Å². The molecule has 0 bridgehead atoms. The lowest BCUT2D eigenvalue weighted by Gasteiger charge is -2.35. The largest absolute Gasteiger partial charge is 0.310 e. The van der Waals surface area contributed by atoms with Crippen LogP contribution in [0.5, 0.6) is 0 Å². The fraction of sp³-hybridized carbons (Fsp3) is 0.562. The second kappa shape index (κ2) is 4.97. The number of nitrogens with zero attached hydrogens (tertiary/aromatic N) is 2. The number of aromatic nitrogens is 2. The lowest BCUT2D eigenvalue weighted by Crippen LogP contribution is -2.36. The lowest BCUT2D eigenvalue weighted by atomic mass is 9.75. The van der Waals surface area contributed by atoms with Gasteiger partial charge in [-0.05, 0) is 36.8 Å². The molecule has 1 aliphatic rings. The van der Waals surface area contributed by atoms with E-state index in [2.05, 4.69) is 36.4 Å². The van der Waals surface area contributed by atoms with Gasteiger partial charge in [-0.25, -0.2) is 4.52 Å². The average Bonchev–Trinajstić information content (AvgIpc) is 2.78. The van der Waals surface area contributed by atoms with E-state index < -0.39 is 0 Å². The van der Waals surface area contributed by atoms with E-state index in [1.807, 2.05) is 23.0 Å². The molecule has 1 N–H and O–H groups in total. The van der Waals surface area contributed by atoms with E-state index >= 15 is 0 Å². The van der Waals surface area contributed by atoms with Crippen molar-refractivity contribution in [2.45, 2.75) is 52.1 Å². The van der Waals surface area contributed by atoms with Gasteiger partial charge in [-0.15, -0.1) is 0 Å². The molecular weight excluding hydrogens is 234 g/mol. The van der Waals surface area contributed by atoms with Gasteiger partial charge in [0.2, 0.25) is 0 Å². The summed E-state index contributed by atoms with van der Waals surface area (Å²) in [6.07, 6.45) is 9.29. The highest BCUT2D eigenvalue weighted by Crippen LogP contribution is 2.35. The Labute approximate surface area is 115 Å². The third kappa shape index (κ3) is 2.81. The van der Waals surface area contributed by atoms with Gasteiger partial charge in [0.1, 0.15) is 0 Å². The highest BCUT2D eigenvalue weighted by Gasteiger charge is 2.27. The molecule has 0 saturated heterocycles. The van der Waals surface area contributed by atoms with Crippen molar-refractivity contribution in [1.29, 1.82) is 0 Å². The molecule has 0 aliphatic heterocycles. The van der Waals surface area contributed by atoms with Crippen LogP contribution in [-0.4, -0.2) is 15.7 Å². The molecule has 1 aliphatic carbocycles. The summed E-state index contributed by atoms with van der Waals surface area (Å²) in [5.74, 6) is 0. The fourth-order valence-electron chi connectivity index (χ4n) is 3.25. The Morgan fingerprint density at radius 3 is 3.16 bits per heavy atom. The van der Waals surface area contributed by atoms with Crippen LogP contribution in [0.3, 0.4) is 0 Å². The maximum absolute atomic E-state index is 4.39. The van der Waals surface area contributed by atoms with Crippen molar-refractivity contribution in [3.8, 4) is 0 Å². The molecule has 0 spiro atoms. The van der Waals surface area contributed by atoms with Crippen LogP contribution >= 0.6 is 0 Å². The highest BCUT2D eigenvalue weighted by molar-refractivity contribution is 5.53. The first-order chi connectivity index (χ1) is 9.14. The van der Waals surface area contributed by atoms with E-state index in [9.17, 15) is 0 Å². The molecule has 2 aromatic rings. The number of hydrogen-bond donors (Lipinski definition) is 1. The van der Waals surface area contributed by atoms with Crippen LogP contribution < -0.4 is 5.32 Å². The zero-order valence-corrected chi connectivity index (χ0v) is 11.9. The van der Waals surface area contributed by atoms with Gasteiger partial charge >= 0.3 is 0 Å². The molecule has 0 aromatic carbocycles. The number of hydrogen-bond acceptors (Lipinski definition) is 2. The van der Waals surface area contributed by atoms with Crippen molar-refractivity contribution in [1.82, 2.24) is 14.9 Å². The predicted molar refractivity (Wildman–Crippen MR) is 78.1 cm³/mol. The van der Waals surface area contributed by atoms with E-state index in [1.165, 1.54) is 36.8 Å². The van der Waals surface area contributed by atoms with Crippen LogP contribution in [0.2, 0.25) is 0 Å². The van der Waals surface area contributed by atoms with Gasteiger partial charge in [0.15, 0.2) is 0 Å². The molecule has 3 nitrogen and oxygen atoms in total. The van der Waals surface area contributed by atoms with Crippen molar-refractivity contribution < 1.29 is 0 Å². The standard InChI is InChI=1S/C16H23N3/c1-16(2)8-5-6-14(10-16)17-11-13-12-18-19-9-4-3-7-15(13)19/h3-4,7,9,12,14,17H,5-6,8,10-11H2,1-2H3. The molecule has 102 valence electrons. The number of rotatable bonds is 3. The van der Waals surface area contributed by atoms with Crippen LogP contribution in [0.25, 0.3) is 5.52 Å². The first-order valence-electron chi connectivity index (χ1n) is 7.29. The molecule has 1 atom stereocenters. The Morgan fingerprint density at radius 1 is 1.42 bits per heavy atom. The fourth-order valence-corrected chi connectivity index (χ4v) is 3.25. The molecule has 1 unspecified atom stereocenters. The third-order valence-electron chi connectivity index (χ3n) is 4.29. The van der Waals surface area contributed by atoms with Gasteiger partial charge in [-0.3, -0.25) is 0 Å². The summed E-state index contributed by atoms with van der Waals surface area (Å²) in [6, 6.07) is 6.88. The summed E-state index contributed by atoms with van der Waals surface area (Å²) in [6.45, 7) is 5.70. The summed E-state index contributed by atoms with van der Waals surface area (Å²) < 4.78 is 1.95. The minimum Gasteiger partial charge on any atom is -0.310 e. The molecule has 0 amide bonds. The molecule has 2 aromatic heterocycles. The predicted octanol–water partition coefficient (Wildman–Crippen LogP) is 3.39. The normalized spacial score (nSPS) is 22.7.